The molecule has 0 spiro atoms. The number of carbonyl (C=O) groups excluding carboxylic acids is 1. The minimum absolute atomic E-state index is 0.396. The van der Waals surface area contributed by atoms with Gasteiger partial charge in [-0.2, -0.15) is 5.90 Å². The summed E-state index contributed by atoms with van der Waals surface area (Å²) in [4.78, 5) is 12.9. The van der Waals surface area contributed by atoms with E-state index in [1.165, 1.54) is 0 Å². The maximum absolute atomic E-state index is 9.25. The van der Waals surface area contributed by atoms with E-state index in [-0.39, 0.29) is 0 Å². The lowest BCUT2D eigenvalue weighted by Crippen LogP contribution is -1.87. The Morgan fingerprint density at radius 3 is 2.67 bits per heavy atom. The molecule has 0 bridgehead atoms. The predicted molar refractivity (Wildman–Crippen MR) is 19.1 cm³/mol. The summed E-state index contributed by atoms with van der Waals surface area (Å²) in [5, 5.41) is 0. The molecule has 0 aromatic rings. The van der Waals surface area contributed by atoms with Gasteiger partial charge in [-0.1, -0.05) is 0 Å². The zero-order chi connectivity index (χ0) is 4.83. The van der Waals surface area contributed by atoms with Gasteiger partial charge in [0.2, 0.25) is 0 Å². The van der Waals surface area contributed by atoms with Gasteiger partial charge in [0.25, 0.3) is 0 Å². The van der Waals surface area contributed by atoms with Crippen LogP contribution in [0.1, 0.15) is 0 Å². The molecule has 0 rings (SSSR count). The Kier molecular flexibility index (Phi) is 3.32. The Morgan fingerprint density at radius 1 is 1.83 bits per heavy atom. The minimum Gasteiger partial charge on any atom is -0.359 e. The lowest BCUT2D eigenvalue weighted by molar-refractivity contribution is -0.103. The number of nitrogens with two attached hydrogens (primary N) is 1. The second kappa shape index (κ2) is 3.99. The van der Waals surface area contributed by atoms with Gasteiger partial charge in [0.05, 0.1) is 0 Å². The van der Waals surface area contributed by atoms with Gasteiger partial charge in [-0.15, -0.1) is 0 Å². The average Bonchev–Trinajstić information content (AvgIpc) is 1.61. The minimum atomic E-state index is 0.396. The highest BCUT2D eigenvalue weighted by molar-refractivity contribution is 5.71. The van der Waals surface area contributed by atoms with Crippen LogP contribution in [0.25, 0.3) is 0 Å². The van der Waals surface area contributed by atoms with E-state index in [4.69, 9.17) is 0 Å². The zero-order valence-corrected chi connectivity index (χ0v) is 2.97. The monoisotopic (exact) mass is 85.0 g/mol. The highest BCUT2D eigenvalue weighted by atomic mass is 16.6. The smallest absolute Gasteiger partial charge is 0.196 e. The fourth-order valence-corrected chi connectivity index (χ4v) is 0.0581. The Balaban J connectivity index is 3.13. The maximum Gasteiger partial charge on any atom is 0.196 e. The van der Waals surface area contributed by atoms with Crippen molar-refractivity contribution < 1.29 is 9.63 Å². The van der Waals surface area contributed by atoms with Gasteiger partial charge in [0.1, 0.15) is 6.11 Å². The van der Waals surface area contributed by atoms with Crippen molar-refractivity contribution in [2.24, 2.45) is 5.90 Å². The Labute approximate surface area is 35.0 Å². The van der Waals surface area contributed by atoms with Crippen molar-refractivity contribution in [1.29, 1.82) is 0 Å². The molecule has 0 aromatic carbocycles. The second-order valence-corrected chi connectivity index (χ2v) is 0.482. The van der Waals surface area contributed by atoms with E-state index >= 15 is 0 Å². The first kappa shape index (κ1) is 4.99. The fraction of sp³-hybridized carbons (Fsp3) is 0. The van der Waals surface area contributed by atoms with Crippen LogP contribution in [-0.2, 0) is 9.63 Å². The summed E-state index contributed by atoms with van der Waals surface area (Å²) in [6.45, 7) is 0. The molecular weight excluding hydrogens is 82.0 g/mol. The molecule has 3 heteroatoms. The van der Waals surface area contributed by atoms with Crippen molar-refractivity contribution in [1.82, 2.24) is 0 Å². The van der Waals surface area contributed by atoms with Gasteiger partial charge in [0, 0.05) is 5.92 Å². The first-order chi connectivity index (χ1) is 2.91. The van der Waals surface area contributed by atoms with Gasteiger partial charge in [-0.05, 0) is 0 Å². The van der Waals surface area contributed by atoms with E-state index in [0.717, 1.165) is 0 Å². The van der Waals surface area contributed by atoms with Gasteiger partial charge in [0.15, 0.2) is 6.29 Å². The quantitative estimate of drug-likeness (QED) is 0.234. The molecule has 6 heavy (non-hydrogen) atoms. The third kappa shape index (κ3) is 2.99. The van der Waals surface area contributed by atoms with Crippen molar-refractivity contribution in [3.63, 3.8) is 0 Å². The van der Waals surface area contributed by atoms with Crippen LogP contribution >= 0.6 is 0 Å². The lowest BCUT2D eigenvalue weighted by Gasteiger charge is -1.68. The van der Waals surface area contributed by atoms with E-state index < -0.39 is 0 Å². The molecule has 0 radical (unpaired) electrons. The van der Waals surface area contributed by atoms with Gasteiger partial charge in [-0.3, -0.25) is 4.79 Å². The topological polar surface area (TPSA) is 52.3 Å². The van der Waals surface area contributed by atoms with E-state index in [0.29, 0.717) is 6.29 Å². The van der Waals surface area contributed by atoms with Gasteiger partial charge >= 0.3 is 0 Å². The SMILES string of the molecule is NOC#CC=O. The molecule has 0 fully saturated rings. The van der Waals surface area contributed by atoms with E-state index in [1.807, 2.05) is 12.0 Å². The first-order valence-electron chi connectivity index (χ1n) is 1.21. The van der Waals surface area contributed by atoms with E-state index in [9.17, 15) is 4.79 Å². The zero-order valence-electron chi connectivity index (χ0n) is 2.97. The Bertz CT molecular complexity index is 88.7. The molecule has 0 aliphatic rings. The van der Waals surface area contributed by atoms with Crippen LogP contribution in [-0.4, -0.2) is 6.29 Å². The molecule has 3 nitrogen and oxygen atoms in total. The molecule has 0 saturated heterocycles. The third-order valence-electron chi connectivity index (χ3n) is 0.177. The predicted octanol–water partition coefficient (Wildman–Crippen LogP) is -0.964. The summed E-state index contributed by atoms with van der Waals surface area (Å²) >= 11 is 0. The maximum atomic E-state index is 9.25. The number of carbonyl (C=O) groups is 1. The molecule has 32 valence electrons. The van der Waals surface area contributed by atoms with Crippen LogP contribution in [0.5, 0.6) is 0 Å². The number of hydrogen-bond donors (Lipinski definition) is 1. The van der Waals surface area contributed by atoms with E-state index in [1.54, 1.807) is 0 Å². The lowest BCUT2D eigenvalue weighted by atomic mass is 10.8. The molecule has 0 aliphatic carbocycles. The summed E-state index contributed by atoms with van der Waals surface area (Å²) < 4.78 is 0. The van der Waals surface area contributed by atoms with Crippen LogP contribution in [0.15, 0.2) is 0 Å². The Morgan fingerprint density at radius 2 is 2.50 bits per heavy atom. The van der Waals surface area contributed by atoms with Crippen LogP contribution in [0.3, 0.4) is 0 Å². The highest BCUT2D eigenvalue weighted by Gasteiger charge is 1.52. The second-order valence-electron chi connectivity index (χ2n) is 0.482. The summed E-state index contributed by atoms with van der Waals surface area (Å²) in [5.74, 6) is 6.30. The number of hydrogen-bond acceptors (Lipinski definition) is 3. The average molecular weight is 85.1 g/mol. The normalized spacial score (nSPS) is 4.83. The molecule has 0 amide bonds. The molecule has 2 N–H and O–H groups in total. The number of aldehydes is 1. The highest BCUT2D eigenvalue weighted by Crippen LogP contribution is 1.42. The van der Waals surface area contributed by atoms with E-state index in [2.05, 4.69) is 10.7 Å². The van der Waals surface area contributed by atoms with Crippen molar-refractivity contribution in [3.8, 4) is 12.0 Å². The van der Waals surface area contributed by atoms with Crippen molar-refractivity contribution in [3.05, 3.63) is 0 Å². The largest absolute Gasteiger partial charge is 0.359 e. The molecule has 0 aliphatic heterocycles. The first-order valence-corrected chi connectivity index (χ1v) is 1.21. The standard InChI is InChI=1S/C3H3NO2/c4-6-3-1-2-5/h2H,4H2. The number of rotatable bonds is 0. The van der Waals surface area contributed by atoms with Gasteiger partial charge < -0.3 is 4.84 Å². The summed E-state index contributed by atoms with van der Waals surface area (Å²) in [6, 6.07) is 0. The molecular formula is C3H3NO2. The van der Waals surface area contributed by atoms with Gasteiger partial charge in [-0.25, -0.2) is 0 Å². The molecule has 0 saturated carbocycles. The van der Waals surface area contributed by atoms with Crippen LogP contribution in [0, 0.1) is 12.0 Å². The third-order valence-corrected chi connectivity index (χ3v) is 0.177. The molecule has 0 atom stereocenters. The Hall–Kier alpha value is -1.01. The molecule has 0 unspecified atom stereocenters. The summed E-state index contributed by atoms with van der Waals surface area (Å²) in [6.07, 6.45) is 2.25. The van der Waals surface area contributed by atoms with Crippen molar-refractivity contribution in [2.45, 2.75) is 0 Å². The van der Waals surface area contributed by atoms with Crippen LogP contribution in [0.2, 0.25) is 0 Å². The summed E-state index contributed by atoms with van der Waals surface area (Å²) in [5.41, 5.74) is 0. The van der Waals surface area contributed by atoms with Crippen LogP contribution < -0.4 is 5.90 Å². The fourth-order valence-electron chi connectivity index (χ4n) is 0.0581. The van der Waals surface area contributed by atoms with Crippen molar-refractivity contribution >= 4 is 6.29 Å². The van der Waals surface area contributed by atoms with Crippen LogP contribution in [0.4, 0.5) is 0 Å². The molecule has 0 heterocycles. The van der Waals surface area contributed by atoms with Crippen molar-refractivity contribution in [2.75, 3.05) is 0 Å². The molecule has 0 aromatic heterocycles. The summed E-state index contributed by atoms with van der Waals surface area (Å²) in [7, 11) is 0.